The van der Waals surface area contributed by atoms with Gasteiger partial charge < -0.3 is 0 Å². The van der Waals surface area contributed by atoms with Gasteiger partial charge in [-0.1, -0.05) is 16.8 Å². The van der Waals surface area contributed by atoms with E-state index in [1.165, 1.54) is 21.7 Å². The van der Waals surface area contributed by atoms with Gasteiger partial charge in [0.15, 0.2) is 0 Å². The number of carbonyl (C=O) groups is 1. The van der Waals surface area contributed by atoms with Gasteiger partial charge in [0, 0.05) is 41.3 Å². The molecule has 6 nitrogen and oxygen atoms in total. The van der Waals surface area contributed by atoms with Crippen LogP contribution in [0.2, 0.25) is 5.02 Å². The lowest BCUT2D eigenvalue weighted by Crippen LogP contribution is -2.32. The van der Waals surface area contributed by atoms with E-state index in [1.807, 2.05) is 0 Å². The molecule has 1 amide bonds. The van der Waals surface area contributed by atoms with Crippen molar-refractivity contribution in [2.24, 2.45) is 0 Å². The third-order valence-corrected chi connectivity index (χ3v) is 4.68. The lowest BCUT2D eigenvalue weighted by Gasteiger charge is -2.18. The standard InChI is InChI=1S/C21H15ClFN5O/c1-27(18-8-4-16(22)5-9-18)21(29)28-20(15-10-12-24-13-11-15)19(25-26-28)14-2-6-17(23)7-3-14/h2-13H,1H3. The van der Waals surface area contributed by atoms with Crippen molar-refractivity contribution in [2.45, 2.75) is 0 Å². The molecular weight excluding hydrogens is 393 g/mol. The molecule has 0 N–H and O–H groups in total. The fourth-order valence-electron chi connectivity index (χ4n) is 2.90. The van der Waals surface area contributed by atoms with E-state index in [-0.39, 0.29) is 5.82 Å². The van der Waals surface area contributed by atoms with Gasteiger partial charge >= 0.3 is 6.03 Å². The third kappa shape index (κ3) is 3.72. The Morgan fingerprint density at radius 2 is 1.62 bits per heavy atom. The van der Waals surface area contributed by atoms with E-state index in [0.29, 0.717) is 33.2 Å². The predicted octanol–water partition coefficient (Wildman–Crippen LogP) is 4.90. The number of halogens is 2. The van der Waals surface area contributed by atoms with Crippen LogP contribution in [0.5, 0.6) is 0 Å². The summed E-state index contributed by atoms with van der Waals surface area (Å²) in [6, 6.07) is 15.9. The second-order valence-electron chi connectivity index (χ2n) is 6.26. The molecule has 0 saturated carbocycles. The Kier molecular flexibility index (Phi) is 5.05. The van der Waals surface area contributed by atoms with Gasteiger partial charge in [0.25, 0.3) is 0 Å². The van der Waals surface area contributed by atoms with Crippen molar-refractivity contribution in [1.29, 1.82) is 0 Å². The largest absolute Gasteiger partial charge is 0.350 e. The van der Waals surface area contributed by atoms with Gasteiger partial charge in [-0.2, -0.15) is 4.68 Å². The molecule has 0 fully saturated rings. The Morgan fingerprint density at radius 1 is 0.966 bits per heavy atom. The van der Waals surface area contributed by atoms with E-state index in [0.717, 1.165) is 0 Å². The van der Waals surface area contributed by atoms with Gasteiger partial charge in [-0.3, -0.25) is 9.88 Å². The number of hydrogen-bond donors (Lipinski definition) is 0. The zero-order chi connectivity index (χ0) is 20.4. The summed E-state index contributed by atoms with van der Waals surface area (Å²) in [5.74, 6) is -0.356. The highest BCUT2D eigenvalue weighted by molar-refractivity contribution is 6.30. The predicted molar refractivity (Wildman–Crippen MR) is 109 cm³/mol. The number of anilines is 1. The van der Waals surface area contributed by atoms with Crippen LogP contribution in [0.15, 0.2) is 73.1 Å². The minimum Gasteiger partial charge on any atom is -0.296 e. The van der Waals surface area contributed by atoms with Gasteiger partial charge in [0.1, 0.15) is 17.2 Å². The zero-order valence-electron chi connectivity index (χ0n) is 15.3. The van der Waals surface area contributed by atoms with E-state index in [2.05, 4.69) is 15.3 Å². The average molecular weight is 408 g/mol. The molecule has 144 valence electrons. The first kappa shape index (κ1) is 18.8. The third-order valence-electron chi connectivity index (χ3n) is 4.42. The highest BCUT2D eigenvalue weighted by Crippen LogP contribution is 2.31. The normalized spacial score (nSPS) is 10.7. The molecule has 0 unspecified atom stereocenters. The molecule has 0 spiro atoms. The van der Waals surface area contributed by atoms with Gasteiger partial charge in [0.2, 0.25) is 0 Å². The molecule has 29 heavy (non-hydrogen) atoms. The summed E-state index contributed by atoms with van der Waals surface area (Å²) in [5.41, 5.74) is 2.96. The van der Waals surface area contributed by atoms with Gasteiger partial charge in [-0.05, 0) is 60.7 Å². The molecule has 0 aliphatic carbocycles. The monoisotopic (exact) mass is 407 g/mol. The quantitative estimate of drug-likeness (QED) is 0.484. The molecule has 2 aromatic heterocycles. The molecule has 2 aromatic carbocycles. The summed E-state index contributed by atoms with van der Waals surface area (Å²) in [4.78, 5) is 18.7. The molecule has 0 aliphatic rings. The van der Waals surface area contributed by atoms with Crippen LogP contribution < -0.4 is 4.90 Å². The second kappa shape index (κ2) is 7.81. The number of aromatic nitrogens is 4. The van der Waals surface area contributed by atoms with E-state index in [4.69, 9.17) is 11.6 Å². The highest BCUT2D eigenvalue weighted by atomic mass is 35.5. The van der Waals surface area contributed by atoms with E-state index < -0.39 is 6.03 Å². The van der Waals surface area contributed by atoms with Crippen LogP contribution in [0.1, 0.15) is 0 Å². The summed E-state index contributed by atoms with van der Waals surface area (Å²) in [7, 11) is 1.64. The SMILES string of the molecule is CN(C(=O)n1nnc(-c2ccc(F)cc2)c1-c1ccncc1)c1ccc(Cl)cc1. The Balaban J connectivity index is 1.82. The Bertz CT molecular complexity index is 1140. The molecule has 0 aliphatic heterocycles. The number of hydrogen-bond acceptors (Lipinski definition) is 4. The number of nitrogens with zero attached hydrogens (tertiary/aromatic N) is 5. The minimum atomic E-state index is -0.403. The molecule has 8 heteroatoms. The van der Waals surface area contributed by atoms with E-state index in [9.17, 15) is 9.18 Å². The summed E-state index contributed by atoms with van der Waals surface area (Å²) in [6.07, 6.45) is 3.24. The molecule has 0 atom stereocenters. The fourth-order valence-corrected chi connectivity index (χ4v) is 3.03. The lowest BCUT2D eigenvalue weighted by atomic mass is 10.1. The Labute approximate surface area is 171 Å². The molecule has 2 heterocycles. The summed E-state index contributed by atoms with van der Waals surface area (Å²) < 4.78 is 14.6. The van der Waals surface area contributed by atoms with Crippen molar-refractivity contribution in [3.63, 3.8) is 0 Å². The van der Waals surface area contributed by atoms with Crippen LogP contribution in [0.25, 0.3) is 22.5 Å². The number of rotatable bonds is 3. The van der Waals surface area contributed by atoms with Crippen LogP contribution >= 0.6 is 11.6 Å². The van der Waals surface area contributed by atoms with Crippen LogP contribution in [0, 0.1) is 5.82 Å². The Hall–Kier alpha value is -3.58. The van der Waals surface area contributed by atoms with Crippen molar-refractivity contribution < 1.29 is 9.18 Å². The van der Waals surface area contributed by atoms with Crippen molar-refractivity contribution in [2.75, 3.05) is 11.9 Å². The number of benzene rings is 2. The smallest absolute Gasteiger partial charge is 0.296 e. The number of pyridine rings is 1. The maximum Gasteiger partial charge on any atom is 0.350 e. The molecule has 0 saturated heterocycles. The topological polar surface area (TPSA) is 63.9 Å². The van der Waals surface area contributed by atoms with Gasteiger partial charge in [0.05, 0.1) is 0 Å². The van der Waals surface area contributed by atoms with Crippen molar-refractivity contribution in [3.8, 4) is 22.5 Å². The summed E-state index contributed by atoms with van der Waals surface area (Å²) in [6.45, 7) is 0. The highest BCUT2D eigenvalue weighted by Gasteiger charge is 2.24. The fraction of sp³-hybridized carbons (Fsp3) is 0.0476. The summed E-state index contributed by atoms with van der Waals surface area (Å²) >= 11 is 5.94. The van der Waals surface area contributed by atoms with Crippen molar-refractivity contribution in [1.82, 2.24) is 20.0 Å². The van der Waals surface area contributed by atoms with Crippen molar-refractivity contribution >= 4 is 23.3 Å². The molecule has 0 radical (unpaired) electrons. The van der Waals surface area contributed by atoms with Gasteiger partial charge in [-0.25, -0.2) is 9.18 Å². The molecule has 4 rings (SSSR count). The average Bonchev–Trinajstić information content (AvgIpc) is 3.19. The first-order valence-corrected chi connectivity index (χ1v) is 9.08. The zero-order valence-corrected chi connectivity index (χ0v) is 16.1. The van der Waals surface area contributed by atoms with Crippen molar-refractivity contribution in [3.05, 3.63) is 83.9 Å². The van der Waals surface area contributed by atoms with Crippen LogP contribution in [-0.4, -0.2) is 33.1 Å². The second-order valence-corrected chi connectivity index (χ2v) is 6.70. The van der Waals surface area contributed by atoms with Crippen LogP contribution in [-0.2, 0) is 0 Å². The summed E-state index contributed by atoms with van der Waals surface area (Å²) in [5, 5.41) is 8.87. The molecule has 0 bridgehead atoms. The maximum atomic E-state index is 13.4. The molecule has 4 aromatic rings. The first-order valence-electron chi connectivity index (χ1n) is 8.70. The molecular formula is C21H15ClFN5O. The number of carbonyl (C=O) groups excluding carboxylic acids is 1. The van der Waals surface area contributed by atoms with E-state index in [1.54, 1.807) is 68.0 Å². The van der Waals surface area contributed by atoms with Gasteiger partial charge in [-0.15, -0.1) is 5.10 Å². The Morgan fingerprint density at radius 3 is 2.28 bits per heavy atom. The minimum absolute atomic E-state index is 0.356. The van der Waals surface area contributed by atoms with Crippen LogP contribution in [0.4, 0.5) is 14.9 Å². The first-order chi connectivity index (χ1) is 14.0. The maximum absolute atomic E-state index is 13.4. The lowest BCUT2D eigenvalue weighted by molar-refractivity contribution is 0.246. The van der Waals surface area contributed by atoms with Crippen LogP contribution in [0.3, 0.4) is 0 Å². The number of amides is 1. The van der Waals surface area contributed by atoms with E-state index >= 15 is 0 Å².